The van der Waals surface area contributed by atoms with Gasteiger partial charge in [0.15, 0.2) is 0 Å². The van der Waals surface area contributed by atoms with E-state index in [9.17, 15) is 4.79 Å². The second-order valence-electron chi connectivity index (χ2n) is 2.37. The van der Waals surface area contributed by atoms with Crippen molar-refractivity contribution in [3.8, 4) is 0 Å². The SMILES string of the molecule is CCc1ccccc1C(N)=O.I. The number of primary amides is 1. The van der Waals surface area contributed by atoms with Crippen molar-refractivity contribution in [1.82, 2.24) is 0 Å². The molecule has 1 aromatic rings. The molecule has 0 aromatic heterocycles. The first-order chi connectivity index (χ1) is 5.25. The summed E-state index contributed by atoms with van der Waals surface area (Å²) < 4.78 is 0. The first-order valence-corrected chi connectivity index (χ1v) is 3.63. The maximum atomic E-state index is 10.8. The van der Waals surface area contributed by atoms with Crippen LogP contribution in [0.2, 0.25) is 0 Å². The van der Waals surface area contributed by atoms with E-state index in [2.05, 4.69) is 0 Å². The minimum atomic E-state index is -0.345. The number of halogens is 1. The summed E-state index contributed by atoms with van der Waals surface area (Å²) in [6.07, 6.45) is 0.846. The highest BCUT2D eigenvalue weighted by Gasteiger charge is 2.03. The van der Waals surface area contributed by atoms with Crippen molar-refractivity contribution in [1.29, 1.82) is 0 Å². The second kappa shape index (κ2) is 5.13. The number of hydrogen-bond donors (Lipinski definition) is 1. The lowest BCUT2D eigenvalue weighted by atomic mass is 10.1. The molecule has 0 saturated carbocycles. The molecule has 1 aromatic carbocycles. The monoisotopic (exact) mass is 277 g/mol. The molecule has 0 aliphatic rings. The van der Waals surface area contributed by atoms with Crippen molar-refractivity contribution in [3.05, 3.63) is 35.4 Å². The fraction of sp³-hybridized carbons (Fsp3) is 0.222. The normalized spacial score (nSPS) is 8.75. The van der Waals surface area contributed by atoms with E-state index in [-0.39, 0.29) is 29.9 Å². The van der Waals surface area contributed by atoms with Crippen molar-refractivity contribution in [3.63, 3.8) is 0 Å². The largest absolute Gasteiger partial charge is 0.366 e. The summed E-state index contributed by atoms with van der Waals surface area (Å²) in [4.78, 5) is 10.8. The summed E-state index contributed by atoms with van der Waals surface area (Å²) in [5, 5.41) is 0. The fourth-order valence-electron chi connectivity index (χ4n) is 1.07. The van der Waals surface area contributed by atoms with Crippen LogP contribution in [0.25, 0.3) is 0 Å². The fourth-order valence-corrected chi connectivity index (χ4v) is 1.07. The Morgan fingerprint density at radius 1 is 1.42 bits per heavy atom. The molecule has 3 heteroatoms. The predicted molar refractivity (Wildman–Crippen MR) is 59.8 cm³/mol. The van der Waals surface area contributed by atoms with Gasteiger partial charge in [-0.05, 0) is 18.1 Å². The third kappa shape index (κ3) is 2.48. The molecule has 0 aliphatic heterocycles. The Morgan fingerprint density at radius 3 is 2.42 bits per heavy atom. The van der Waals surface area contributed by atoms with Gasteiger partial charge >= 0.3 is 0 Å². The van der Waals surface area contributed by atoms with Gasteiger partial charge in [-0.15, -0.1) is 24.0 Å². The summed E-state index contributed by atoms with van der Waals surface area (Å²) >= 11 is 0. The minimum absolute atomic E-state index is 0. The lowest BCUT2D eigenvalue weighted by molar-refractivity contribution is 0.0999. The first kappa shape index (κ1) is 11.4. The predicted octanol–water partition coefficient (Wildman–Crippen LogP) is 1.97. The van der Waals surface area contributed by atoms with Gasteiger partial charge < -0.3 is 5.73 Å². The number of aryl methyl sites for hydroxylation is 1. The van der Waals surface area contributed by atoms with Gasteiger partial charge in [0.05, 0.1) is 0 Å². The number of hydrogen-bond acceptors (Lipinski definition) is 1. The molecular weight excluding hydrogens is 265 g/mol. The Kier molecular flexibility index (Phi) is 4.89. The van der Waals surface area contributed by atoms with Crippen LogP contribution in [0.5, 0.6) is 0 Å². The number of nitrogens with two attached hydrogens (primary N) is 1. The molecule has 0 spiro atoms. The molecule has 66 valence electrons. The number of carbonyl (C=O) groups excluding carboxylic acids is 1. The molecule has 1 rings (SSSR count). The zero-order valence-corrected chi connectivity index (χ0v) is 9.24. The second-order valence-corrected chi connectivity index (χ2v) is 2.37. The topological polar surface area (TPSA) is 43.1 Å². The van der Waals surface area contributed by atoms with Crippen molar-refractivity contribution in [2.24, 2.45) is 5.73 Å². The van der Waals surface area contributed by atoms with Crippen molar-refractivity contribution in [2.75, 3.05) is 0 Å². The van der Waals surface area contributed by atoms with E-state index in [1.165, 1.54) is 0 Å². The van der Waals surface area contributed by atoms with Gasteiger partial charge in [-0.2, -0.15) is 0 Å². The van der Waals surface area contributed by atoms with E-state index in [4.69, 9.17) is 5.73 Å². The van der Waals surface area contributed by atoms with E-state index in [1.807, 2.05) is 25.1 Å². The van der Waals surface area contributed by atoms with Gasteiger partial charge in [0.2, 0.25) is 5.91 Å². The summed E-state index contributed by atoms with van der Waals surface area (Å²) in [7, 11) is 0. The molecule has 2 nitrogen and oxygen atoms in total. The van der Waals surface area contributed by atoms with Gasteiger partial charge in [0.1, 0.15) is 0 Å². The Bertz CT molecular complexity index is 273. The van der Waals surface area contributed by atoms with Crippen LogP contribution in [0.3, 0.4) is 0 Å². The number of benzene rings is 1. The maximum absolute atomic E-state index is 10.8. The smallest absolute Gasteiger partial charge is 0.248 e. The highest BCUT2D eigenvalue weighted by Crippen LogP contribution is 2.07. The maximum Gasteiger partial charge on any atom is 0.248 e. The Balaban J connectivity index is 0.00000121. The number of rotatable bonds is 2. The molecule has 1 amide bonds. The van der Waals surface area contributed by atoms with E-state index < -0.39 is 0 Å². The summed E-state index contributed by atoms with van der Waals surface area (Å²) in [5.41, 5.74) is 6.80. The van der Waals surface area contributed by atoms with Gasteiger partial charge in [-0.25, -0.2) is 0 Å². The third-order valence-electron chi connectivity index (χ3n) is 1.66. The zero-order valence-electron chi connectivity index (χ0n) is 6.91. The van der Waals surface area contributed by atoms with Gasteiger partial charge in [0.25, 0.3) is 0 Å². The van der Waals surface area contributed by atoms with Crippen molar-refractivity contribution >= 4 is 29.9 Å². The van der Waals surface area contributed by atoms with Crippen LogP contribution >= 0.6 is 24.0 Å². The third-order valence-corrected chi connectivity index (χ3v) is 1.66. The molecule has 0 atom stereocenters. The molecule has 0 radical (unpaired) electrons. The Morgan fingerprint density at radius 2 is 2.00 bits per heavy atom. The van der Waals surface area contributed by atoms with Gasteiger partial charge in [-0.3, -0.25) is 4.79 Å². The summed E-state index contributed by atoms with van der Waals surface area (Å²) in [6, 6.07) is 7.39. The van der Waals surface area contributed by atoms with E-state index >= 15 is 0 Å². The highest BCUT2D eigenvalue weighted by molar-refractivity contribution is 14.0. The average Bonchev–Trinajstić information content (AvgIpc) is 2.04. The summed E-state index contributed by atoms with van der Waals surface area (Å²) in [6.45, 7) is 2.00. The van der Waals surface area contributed by atoms with Gasteiger partial charge in [0, 0.05) is 5.56 Å². The van der Waals surface area contributed by atoms with Crippen LogP contribution in [-0.2, 0) is 6.42 Å². The van der Waals surface area contributed by atoms with E-state index in [0.29, 0.717) is 5.56 Å². The van der Waals surface area contributed by atoms with E-state index in [1.54, 1.807) is 6.07 Å². The molecule has 2 N–H and O–H groups in total. The van der Waals surface area contributed by atoms with Crippen LogP contribution in [0.15, 0.2) is 24.3 Å². The van der Waals surface area contributed by atoms with Crippen LogP contribution in [0.1, 0.15) is 22.8 Å². The van der Waals surface area contributed by atoms with Crippen LogP contribution < -0.4 is 5.73 Å². The van der Waals surface area contributed by atoms with Crippen LogP contribution in [0.4, 0.5) is 0 Å². The van der Waals surface area contributed by atoms with Crippen molar-refractivity contribution in [2.45, 2.75) is 13.3 Å². The number of amides is 1. The standard InChI is InChI=1S/C9H11NO.HI/c1-2-7-5-3-4-6-8(7)9(10)11;/h3-6H,2H2,1H3,(H2,10,11);1H. The van der Waals surface area contributed by atoms with Crippen LogP contribution in [-0.4, -0.2) is 5.91 Å². The molecular formula is C9H12INO. The zero-order chi connectivity index (χ0) is 8.27. The lowest BCUT2D eigenvalue weighted by Gasteiger charge is -2.01. The van der Waals surface area contributed by atoms with Crippen molar-refractivity contribution < 1.29 is 4.79 Å². The molecule has 0 unspecified atom stereocenters. The average molecular weight is 277 g/mol. The molecule has 0 fully saturated rings. The molecule has 0 aliphatic carbocycles. The molecule has 12 heavy (non-hydrogen) atoms. The van der Waals surface area contributed by atoms with Gasteiger partial charge in [-0.1, -0.05) is 25.1 Å². The summed E-state index contributed by atoms with van der Waals surface area (Å²) in [5.74, 6) is -0.345. The number of carbonyl (C=O) groups is 1. The molecule has 0 saturated heterocycles. The lowest BCUT2D eigenvalue weighted by Crippen LogP contribution is -2.13. The highest BCUT2D eigenvalue weighted by atomic mass is 127. The minimum Gasteiger partial charge on any atom is -0.366 e. The quantitative estimate of drug-likeness (QED) is 0.825. The van der Waals surface area contributed by atoms with Crippen LogP contribution in [0, 0.1) is 0 Å². The first-order valence-electron chi connectivity index (χ1n) is 3.63. The Hall–Kier alpha value is -0.580. The molecule has 0 heterocycles. The van der Waals surface area contributed by atoms with E-state index in [0.717, 1.165) is 12.0 Å². The Labute approximate surface area is 89.2 Å². The molecule has 0 bridgehead atoms.